The minimum Gasteiger partial charge on any atom is -0.375 e. The summed E-state index contributed by atoms with van der Waals surface area (Å²) in [5.74, 6) is -0.0381. The number of halogens is 1. The van der Waals surface area contributed by atoms with Crippen molar-refractivity contribution in [2.24, 2.45) is 0 Å². The van der Waals surface area contributed by atoms with Crippen molar-refractivity contribution in [3.63, 3.8) is 0 Å². The number of nitriles is 1. The molecule has 0 heterocycles. The number of nitrogens with zero attached hydrogens (tertiary/aromatic N) is 2. The molecule has 0 aromatic heterocycles. The second kappa shape index (κ2) is 5.52. The number of rotatable bonds is 3. The number of amides is 1. The fraction of sp³-hybridized carbons (Fsp3) is 0.273. The number of anilines is 1. The van der Waals surface area contributed by atoms with Gasteiger partial charge in [0.15, 0.2) is 0 Å². The van der Waals surface area contributed by atoms with E-state index in [9.17, 15) is 4.79 Å². The molecule has 0 atom stereocenters. The molecule has 1 N–H and O–H groups in total. The van der Waals surface area contributed by atoms with E-state index in [2.05, 4.69) is 27.3 Å². The van der Waals surface area contributed by atoms with Gasteiger partial charge in [0.1, 0.15) is 6.07 Å². The third-order valence-electron chi connectivity index (χ3n) is 2.03. The molecule has 0 aliphatic rings. The average molecular weight is 282 g/mol. The molecule has 0 saturated carbocycles. The Bertz CT molecular complexity index is 437. The maximum Gasteiger partial charge on any atom is 0.241 e. The number of benzene rings is 1. The molecular weight excluding hydrogens is 270 g/mol. The molecule has 0 spiro atoms. The van der Waals surface area contributed by atoms with Crippen molar-refractivity contribution in [1.82, 2.24) is 4.90 Å². The first-order chi connectivity index (χ1) is 7.54. The molecule has 0 fully saturated rings. The van der Waals surface area contributed by atoms with Gasteiger partial charge in [-0.15, -0.1) is 0 Å². The third-order valence-corrected chi connectivity index (χ3v) is 2.52. The van der Waals surface area contributed by atoms with Crippen molar-refractivity contribution >= 4 is 27.5 Å². The normalized spacial score (nSPS) is 9.38. The Labute approximate surface area is 103 Å². The number of hydrogen-bond donors (Lipinski definition) is 1. The van der Waals surface area contributed by atoms with Crippen LogP contribution in [0, 0.1) is 11.3 Å². The van der Waals surface area contributed by atoms with Gasteiger partial charge in [0.2, 0.25) is 5.91 Å². The van der Waals surface area contributed by atoms with Crippen molar-refractivity contribution in [3.8, 4) is 6.07 Å². The first kappa shape index (κ1) is 12.5. The summed E-state index contributed by atoms with van der Waals surface area (Å²) in [6, 6.07) is 7.34. The largest absolute Gasteiger partial charge is 0.375 e. The van der Waals surface area contributed by atoms with Crippen LogP contribution in [0.4, 0.5) is 5.69 Å². The third kappa shape index (κ3) is 3.24. The quantitative estimate of drug-likeness (QED) is 0.920. The summed E-state index contributed by atoms with van der Waals surface area (Å²) in [5.41, 5.74) is 1.18. The van der Waals surface area contributed by atoms with Gasteiger partial charge < -0.3 is 10.2 Å². The number of nitrogens with one attached hydrogen (secondary N) is 1. The van der Waals surface area contributed by atoms with E-state index in [1.54, 1.807) is 32.3 Å². The van der Waals surface area contributed by atoms with Gasteiger partial charge in [0, 0.05) is 18.6 Å². The summed E-state index contributed by atoms with van der Waals surface area (Å²) >= 11 is 3.32. The van der Waals surface area contributed by atoms with E-state index >= 15 is 0 Å². The van der Waals surface area contributed by atoms with Crippen molar-refractivity contribution < 1.29 is 4.79 Å². The van der Waals surface area contributed by atoms with Gasteiger partial charge in [0.25, 0.3) is 0 Å². The smallest absolute Gasteiger partial charge is 0.241 e. The van der Waals surface area contributed by atoms with E-state index < -0.39 is 0 Å². The highest BCUT2D eigenvalue weighted by atomic mass is 79.9. The lowest BCUT2D eigenvalue weighted by atomic mass is 10.2. The van der Waals surface area contributed by atoms with Crippen LogP contribution in [0.15, 0.2) is 22.7 Å². The molecule has 0 aliphatic carbocycles. The van der Waals surface area contributed by atoms with Crippen LogP contribution in [-0.4, -0.2) is 31.4 Å². The molecule has 1 aromatic carbocycles. The lowest BCUT2D eigenvalue weighted by Gasteiger charge is -2.12. The Hall–Kier alpha value is -1.54. The first-order valence-corrected chi connectivity index (χ1v) is 5.47. The summed E-state index contributed by atoms with van der Waals surface area (Å²) < 4.78 is 0.867. The average Bonchev–Trinajstić information content (AvgIpc) is 2.25. The molecule has 0 unspecified atom stereocenters. The van der Waals surface area contributed by atoms with Crippen LogP contribution in [0.5, 0.6) is 0 Å². The molecule has 1 aromatic rings. The monoisotopic (exact) mass is 281 g/mol. The number of hydrogen-bond acceptors (Lipinski definition) is 3. The SMILES string of the molecule is CN(C)C(=O)CNc1cc(Br)ccc1C#N. The molecule has 1 rings (SSSR count). The highest BCUT2D eigenvalue weighted by molar-refractivity contribution is 9.10. The Kier molecular flexibility index (Phi) is 4.32. The van der Waals surface area contributed by atoms with Gasteiger partial charge in [-0.3, -0.25) is 4.79 Å². The van der Waals surface area contributed by atoms with Gasteiger partial charge in [-0.1, -0.05) is 15.9 Å². The zero-order valence-electron chi connectivity index (χ0n) is 9.12. The minimum absolute atomic E-state index is 0.0381. The summed E-state index contributed by atoms with van der Waals surface area (Å²) in [7, 11) is 3.38. The predicted molar refractivity (Wildman–Crippen MR) is 66.0 cm³/mol. The highest BCUT2D eigenvalue weighted by Crippen LogP contribution is 2.20. The molecule has 16 heavy (non-hydrogen) atoms. The standard InChI is InChI=1S/C11H12BrN3O/c1-15(2)11(16)7-14-10-5-9(12)4-3-8(10)6-13/h3-5,14H,7H2,1-2H3. The summed E-state index contributed by atoms with van der Waals surface area (Å²) in [6.45, 7) is 0.179. The zero-order chi connectivity index (χ0) is 12.1. The Morgan fingerprint density at radius 1 is 1.56 bits per heavy atom. The van der Waals surface area contributed by atoms with Crippen molar-refractivity contribution in [3.05, 3.63) is 28.2 Å². The molecule has 0 aliphatic heterocycles. The summed E-state index contributed by atoms with van der Waals surface area (Å²) in [4.78, 5) is 12.9. The number of likely N-dealkylation sites (N-methyl/N-ethyl adjacent to an activating group) is 1. The van der Waals surface area contributed by atoms with Crippen LogP contribution in [0.3, 0.4) is 0 Å². The minimum atomic E-state index is -0.0381. The molecule has 5 heteroatoms. The topological polar surface area (TPSA) is 56.1 Å². The second-order valence-electron chi connectivity index (χ2n) is 3.44. The number of carbonyl (C=O) groups is 1. The molecule has 0 saturated heterocycles. The van der Waals surface area contributed by atoms with E-state index in [0.717, 1.165) is 4.47 Å². The van der Waals surface area contributed by atoms with Crippen molar-refractivity contribution in [2.45, 2.75) is 0 Å². The van der Waals surface area contributed by atoms with Crippen LogP contribution in [-0.2, 0) is 4.79 Å². The van der Waals surface area contributed by atoms with Crippen LogP contribution in [0.1, 0.15) is 5.56 Å². The fourth-order valence-electron chi connectivity index (χ4n) is 1.09. The van der Waals surface area contributed by atoms with Crippen LogP contribution < -0.4 is 5.32 Å². The summed E-state index contributed by atoms with van der Waals surface area (Å²) in [6.07, 6.45) is 0. The number of carbonyl (C=O) groups excluding carboxylic acids is 1. The second-order valence-corrected chi connectivity index (χ2v) is 4.36. The molecule has 84 valence electrons. The van der Waals surface area contributed by atoms with Gasteiger partial charge >= 0.3 is 0 Å². The maximum atomic E-state index is 11.4. The van der Waals surface area contributed by atoms with Crippen LogP contribution in [0.25, 0.3) is 0 Å². The van der Waals surface area contributed by atoms with E-state index in [-0.39, 0.29) is 12.5 Å². The van der Waals surface area contributed by atoms with Crippen LogP contribution in [0.2, 0.25) is 0 Å². The lowest BCUT2D eigenvalue weighted by molar-refractivity contribution is -0.126. The first-order valence-electron chi connectivity index (χ1n) is 4.68. The molecular formula is C11H12BrN3O. The molecule has 4 nitrogen and oxygen atoms in total. The molecule has 1 amide bonds. The highest BCUT2D eigenvalue weighted by Gasteiger charge is 2.06. The Morgan fingerprint density at radius 3 is 2.81 bits per heavy atom. The van der Waals surface area contributed by atoms with Gasteiger partial charge in [-0.05, 0) is 18.2 Å². The zero-order valence-corrected chi connectivity index (χ0v) is 10.7. The fourth-order valence-corrected chi connectivity index (χ4v) is 1.45. The maximum absolute atomic E-state index is 11.4. The molecule has 0 radical (unpaired) electrons. The van der Waals surface area contributed by atoms with Gasteiger partial charge in [-0.25, -0.2) is 0 Å². The lowest BCUT2D eigenvalue weighted by Crippen LogP contribution is -2.28. The van der Waals surface area contributed by atoms with Crippen LogP contribution >= 0.6 is 15.9 Å². The van der Waals surface area contributed by atoms with Crippen molar-refractivity contribution in [1.29, 1.82) is 5.26 Å². The van der Waals surface area contributed by atoms with E-state index in [1.165, 1.54) is 4.90 Å². The summed E-state index contributed by atoms with van der Waals surface area (Å²) in [5, 5.41) is 11.8. The van der Waals surface area contributed by atoms with E-state index in [4.69, 9.17) is 5.26 Å². The van der Waals surface area contributed by atoms with Gasteiger partial charge in [0.05, 0.1) is 17.8 Å². The van der Waals surface area contributed by atoms with E-state index in [1.807, 2.05) is 0 Å². The van der Waals surface area contributed by atoms with E-state index in [0.29, 0.717) is 11.3 Å². The van der Waals surface area contributed by atoms with Gasteiger partial charge in [-0.2, -0.15) is 5.26 Å². The predicted octanol–water partition coefficient (Wildman–Crippen LogP) is 1.82. The van der Waals surface area contributed by atoms with Crippen molar-refractivity contribution in [2.75, 3.05) is 26.0 Å². The Morgan fingerprint density at radius 2 is 2.25 bits per heavy atom. The Balaban J connectivity index is 2.77. The molecule has 0 bridgehead atoms.